The molecule has 1 aromatic rings. The lowest BCUT2D eigenvalue weighted by Crippen LogP contribution is -2.28. The van der Waals surface area contributed by atoms with E-state index in [9.17, 15) is 4.79 Å². The van der Waals surface area contributed by atoms with Crippen LogP contribution in [0.1, 0.15) is 38.3 Å². The van der Waals surface area contributed by atoms with Crippen LogP contribution in [-0.4, -0.2) is 28.8 Å². The lowest BCUT2D eigenvalue weighted by Gasteiger charge is -2.22. The third kappa shape index (κ3) is 4.80. The molecule has 1 aromatic heterocycles. The molecule has 0 aliphatic carbocycles. The largest absolute Gasteiger partial charge is 0.317 e. The highest BCUT2D eigenvalue weighted by molar-refractivity contribution is 5.89. The highest BCUT2D eigenvalue weighted by atomic mass is 35.5. The molecule has 2 rings (SSSR count). The van der Waals surface area contributed by atoms with E-state index < -0.39 is 0 Å². The summed E-state index contributed by atoms with van der Waals surface area (Å²) in [7, 11) is 1.86. The first-order valence-corrected chi connectivity index (χ1v) is 7.22. The molecule has 0 radical (unpaired) electrons. The van der Waals surface area contributed by atoms with Crippen molar-refractivity contribution in [3.8, 4) is 0 Å². The summed E-state index contributed by atoms with van der Waals surface area (Å²) < 4.78 is 1.74. The number of anilines is 1. The van der Waals surface area contributed by atoms with Crippen LogP contribution in [0, 0.1) is 5.92 Å². The number of carbonyl (C=O) groups excluding carboxylic acids is 1. The molecule has 1 fully saturated rings. The van der Waals surface area contributed by atoms with E-state index in [0.29, 0.717) is 12.3 Å². The molecule has 5 nitrogen and oxygen atoms in total. The molecule has 1 amide bonds. The molecule has 6 heteroatoms. The van der Waals surface area contributed by atoms with Gasteiger partial charge >= 0.3 is 0 Å². The lowest BCUT2D eigenvalue weighted by molar-refractivity contribution is -0.116. The van der Waals surface area contributed by atoms with Crippen molar-refractivity contribution in [2.45, 2.75) is 39.0 Å². The minimum absolute atomic E-state index is 0. The fourth-order valence-corrected chi connectivity index (χ4v) is 2.53. The van der Waals surface area contributed by atoms with Crippen molar-refractivity contribution in [3.05, 3.63) is 11.8 Å². The number of nitrogens with one attached hydrogen (secondary N) is 2. The molecule has 20 heavy (non-hydrogen) atoms. The van der Waals surface area contributed by atoms with Crippen molar-refractivity contribution >= 4 is 24.1 Å². The summed E-state index contributed by atoms with van der Waals surface area (Å²) in [6.45, 7) is 4.24. The van der Waals surface area contributed by atoms with Gasteiger partial charge in [0.05, 0.1) is 5.69 Å². The van der Waals surface area contributed by atoms with Gasteiger partial charge in [-0.05, 0) is 44.7 Å². The molecule has 0 aromatic carbocycles. The second-order valence-corrected chi connectivity index (χ2v) is 5.28. The van der Waals surface area contributed by atoms with Gasteiger partial charge in [0.1, 0.15) is 5.82 Å². The summed E-state index contributed by atoms with van der Waals surface area (Å²) in [6.07, 6.45) is 4.88. The Morgan fingerprint density at radius 3 is 2.80 bits per heavy atom. The molecular formula is C14H25ClN4O. The number of halogens is 1. The van der Waals surface area contributed by atoms with Gasteiger partial charge in [0.25, 0.3) is 0 Å². The Bertz CT molecular complexity index is 427. The highest BCUT2D eigenvalue weighted by Gasteiger charge is 2.15. The molecule has 0 bridgehead atoms. The molecule has 1 aliphatic heterocycles. The van der Waals surface area contributed by atoms with Crippen molar-refractivity contribution in [1.29, 1.82) is 0 Å². The van der Waals surface area contributed by atoms with E-state index in [4.69, 9.17) is 0 Å². The Balaban J connectivity index is 0.00000200. The SMILES string of the molecule is CCc1cc(NC(=O)CCC2CCNCC2)n(C)n1.Cl. The van der Waals surface area contributed by atoms with Crippen LogP contribution in [0.4, 0.5) is 5.82 Å². The van der Waals surface area contributed by atoms with Gasteiger partial charge in [-0.2, -0.15) is 5.10 Å². The highest BCUT2D eigenvalue weighted by Crippen LogP contribution is 2.18. The average molecular weight is 301 g/mol. The molecule has 2 heterocycles. The van der Waals surface area contributed by atoms with Crippen LogP contribution >= 0.6 is 12.4 Å². The number of hydrogen-bond donors (Lipinski definition) is 2. The zero-order valence-electron chi connectivity index (χ0n) is 12.3. The Kier molecular flexibility index (Phi) is 7.02. The van der Waals surface area contributed by atoms with E-state index in [1.807, 2.05) is 13.1 Å². The standard InChI is InChI=1S/C14H24N4O.ClH/c1-3-12-10-13(18(2)17-12)16-14(19)5-4-11-6-8-15-9-7-11;/h10-11,15H,3-9H2,1-2H3,(H,16,19);1H. The second kappa shape index (κ2) is 8.27. The minimum Gasteiger partial charge on any atom is -0.317 e. The zero-order valence-corrected chi connectivity index (χ0v) is 13.1. The number of aromatic nitrogens is 2. The number of amides is 1. The van der Waals surface area contributed by atoms with Gasteiger partial charge in [-0.15, -0.1) is 12.4 Å². The van der Waals surface area contributed by atoms with E-state index in [1.54, 1.807) is 4.68 Å². The monoisotopic (exact) mass is 300 g/mol. The first-order chi connectivity index (χ1) is 9.19. The van der Waals surface area contributed by atoms with Gasteiger partial charge in [-0.3, -0.25) is 9.48 Å². The predicted molar refractivity (Wildman–Crippen MR) is 83.3 cm³/mol. The summed E-state index contributed by atoms with van der Waals surface area (Å²) in [6, 6.07) is 1.95. The van der Waals surface area contributed by atoms with Gasteiger partial charge in [-0.25, -0.2) is 0 Å². The van der Waals surface area contributed by atoms with Gasteiger partial charge < -0.3 is 10.6 Å². The van der Waals surface area contributed by atoms with Crippen LogP contribution in [0.5, 0.6) is 0 Å². The fraction of sp³-hybridized carbons (Fsp3) is 0.714. The van der Waals surface area contributed by atoms with Crippen molar-refractivity contribution in [1.82, 2.24) is 15.1 Å². The van der Waals surface area contributed by atoms with E-state index >= 15 is 0 Å². The van der Waals surface area contributed by atoms with E-state index in [2.05, 4.69) is 22.7 Å². The van der Waals surface area contributed by atoms with Gasteiger partial charge in [0.2, 0.25) is 5.91 Å². The lowest BCUT2D eigenvalue weighted by atomic mass is 9.93. The van der Waals surface area contributed by atoms with Crippen LogP contribution in [0.15, 0.2) is 6.07 Å². The number of carbonyl (C=O) groups is 1. The van der Waals surface area contributed by atoms with Crippen molar-refractivity contribution < 1.29 is 4.79 Å². The molecule has 1 saturated heterocycles. The molecule has 0 unspecified atom stereocenters. The third-order valence-corrected chi connectivity index (χ3v) is 3.80. The molecule has 0 saturated carbocycles. The average Bonchev–Trinajstić information content (AvgIpc) is 2.78. The molecule has 114 valence electrons. The quantitative estimate of drug-likeness (QED) is 0.876. The van der Waals surface area contributed by atoms with Gasteiger partial charge in [0, 0.05) is 19.5 Å². The summed E-state index contributed by atoms with van der Waals surface area (Å²) in [5.41, 5.74) is 1.01. The molecule has 0 spiro atoms. The molecule has 2 N–H and O–H groups in total. The normalized spacial score (nSPS) is 15.7. The first-order valence-electron chi connectivity index (χ1n) is 7.22. The van der Waals surface area contributed by atoms with Crippen molar-refractivity contribution in [2.24, 2.45) is 13.0 Å². The van der Waals surface area contributed by atoms with E-state index in [0.717, 1.165) is 37.4 Å². The number of nitrogens with zero attached hydrogens (tertiary/aromatic N) is 2. The number of rotatable bonds is 5. The third-order valence-electron chi connectivity index (χ3n) is 3.80. The van der Waals surface area contributed by atoms with Gasteiger partial charge in [0.15, 0.2) is 0 Å². The Hall–Kier alpha value is -1.07. The number of piperidine rings is 1. The Labute approximate surface area is 126 Å². The minimum atomic E-state index is 0. The van der Waals surface area contributed by atoms with Crippen LogP contribution in [-0.2, 0) is 18.3 Å². The molecule has 1 aliphatic rings. The summed E-state index contributed by atoms with van der Waals surface area (Å²) in [5, 5.41) is 10.6. The van der Waals surface area contributed by atoms with Crippen LogP contribution in [0.25, 0.3) is 0 Å². The second-order valence-electron chi connectivity index (χ2n) is 5.28. The topological polar surface area (TPSA) is 59.0 Å². The van der Waals surface area contributed by atoms with Gasteiger partial charge in [-0.1, -0.05) is 6.92 Å². The summed E-state index contributed by atoms with van der Waals surface area (Å²) >= 11 is 0. The summed E-state index contributed by atoms with van der Waals surface area (Å²) in [4.78, 5) is 11.9. The van der Waals surface area contributed by atoms with Crippen LogP contribution < -0.4 is 10.6 Å². The predicted octanol–water partition coefficient (Wildman–Crippen LogP) is 2.12. The van der Waals surface area contributed by atoms with E-state index in [1.165, 1.54) is 12.8 Å². The molecular weight excluding hydrogens is 276 g/mol. The fourth-order valence-electron chi connectivity index (χ4n) is 2.53. The Morgan fingerprint density at radius 2 is 2.20 bits per heavy atom. The first kappa shape index (κ1) is 17.0. The molecule has 0 atom stereocenters. The van der Waals surface area contributed by atoms with Crippen LogP contribution in [0.2, 0.25) is 0 Å². The summed E-state index contributed by atoms with van der Waals surface area (Å²) in [5.74, 6) is 1.60. The van der Waals surface area contributed by atoms with Crippen molar-refractivity contribution in [2.75, 3.05) is 18.4 Å². The van der Waals surface area contributed by atoms with E-state index in [-0.39, 0.29) is 18.3 Å². The Morgan fingerprint density at radius 1 is 1.50 bits per heavy atom. The smallest absolute Gasteiger partial charge is 0.225 e. The number of hydrogen-bond acceptors (Lipinski definition) is 3. The van der Waals surface area contributed by atoms with Crippen LogP contribution in [0.3, 0.4) is 0 Å². The maximum atomic E-state index is 11.9. The van der Waals surface area contributed by atoms with Crippen molar-refractivity contribution in [3.63, 3.8) is 0 Å². The maximum Gasteiger partial charge on any atom is 0.225 e. The number of aryl methyl sites for hydroxylation is 2. The maximum absolute atomic E-state index is 11.9. The zero-order chi connectivity index (χ0) is 13.7.